The number of aryl methyl sites for hydroxylation is 1. The maximum Gasteiger partial charge on any atom is 0.433 e. The Hall–Kier alpha value is -3.03. The van der Waals surface area contributed by atoms with E-state index in [-0.39, 0.29) is 17.7 Å². The first-order chi connectivity index (χ1) is 16.0. The summed E-state index contributed by atoms with van der Waals surface area (Å²) >= 11 is 0. The van der Waals surface area contributed by atoms with Crippen molar-refractivity contribution < 1.29 is 32.5 Å². The molecule has 2 aromatic carbocycles. The smallest absolute Gasteiger partial charge is 0.433 e. The molecule has 0 spiro atoms. The number of hydrogen-bond donors (Lipinski definition) is 1. The molecule has 186 valence electrons. The largest absolute Gasteiger partial charge is 0.593 e. The van der Waals surface area contributed by atoms with Gasteiger partial charge in [-0.2, -0.15) is 13.2 Å². The highest BCUT2D eigenvalue weighted by atomic mass is 19.4. The second-order valence-electron chi connectivity index (χ2n) is 8.48. The summed E-state index contributed by atoms with van der Waals surface area (Å²) in [6, 6.07) is 8.52. The Bertz CT molecular complexity index is 1010. The fourth-order valence-electron chi connectivity index (χ4n) is 3.75. The number of carbonyl (C=O) groups is 1. The van der Waals surface area contributed by atoms with Crippen LogP contribution in [0.4, 0.5) is 13.2 Å². The summed E-state index contributed by atoms with van der Waals surface area (Å²) in [7, 11) is 1.24. The molecule has 0 bridgehead atoms. The predicted octanol–water partition coefficient (Wildman–Crippen LogP) is 6.38. The first-order valence-corrected chi connectivity index (χ1v) is 11.4. The molecule has 2 aromatic rings. The highest BCUT2D eigenvalue weighted by Gasteiger charge is 2.40. The number of esters is 1. The monoisotopic (exact) mass is 480 g/mol. The van der Waals surface area contributed by atoms with Crippen LogP contribution in [0.5, 0.6) is 11.5 Å². The van der Waals surface area contributed by atoms with Gasteiger partial charge in [-0.05, 0) is 36.0 Å². The Morgan fingerprint density at radius 2 is 1.62 bits per heavy atom. The lowest BCUT2D eigenvalue weighted by Gasteiger charge is -2.23. The van der Waals surface area contributed by atoms with E-state index in [2.05, 4.69) is 0 Å². The van der Waals surface area contributed by atoms with E-state index in [0.717, 1.165) is 5.56 Å². The van der Waals surface area contributed by atoms with Crippen molar-refractivity contribution in [3.05, 3.63) is 58.1 Å². The molecule has 8 heteroatoms. The van der Waals surface area contributed by atoms with Crippen LogP contribution >= 0.6 is 0 Å². The van der Waals surface area contributed by atoms with E-state index >= 15 is 0 Å². The maximum absolute atomic E-state index is 13.3. The van der Waals surface area contributed by atoms with Gasteiger partial charge in [-0.25, -0.2) is 4.79 Å². The van der Waals surface area contributed by atoms with Crippen LogP contribution in [0, 0.1) is 5.41 Å². The van der Waals surface area contributed by atoms with Gasteiger partial charge >= 0.3 is 12.1 Å². The Balaban J connectivity index is 2.68. The van der Waals surface area contributed by atoms with Crippen LogP contribution < -0.4 is 4.74 Å². The van der Waals surface area contributed by atoms with Crippen molar-refractivity contribution in [3.63, 3.8) is 0 Å². The van der Waals surface area contributed by atoms with E-state index in [4.69, 9.17) is 20.0 Å². The molecular weight excluding hydrogens is 447 g/mol. The van der Waals surface area contributed by atoms with Gasteiger partial charge in [0.15, 0.2) is 5.71 Å². The second kappa shape index (κ2) is 11.4. The number of alkyl halides is 3. The SMILES string of the molecule is CCCc1cc(C(=N)C(F)(F)F)c([OH2+])c(CCC)c1OC(C(=O)OC)c1ccc(C(C)C)cc1. The first kappa shape index (κ1) is 27.2. The number of halogens is 3. The zero-order valence-corrected chi connectivity index (χ0v) is 20.2. The summed E-state index contributed by atoms with van der Waals surface area (Å²) in [4.78, 5) is 12.7. The Labute approximate surface area is 198 Å². The Morgan fingerprint density at radius 1 is 1.06 bits per heavy atom. The van der Waals surface area contributed by atoms with Crippen LogP contribution in [-0.4, -0.2) is 30.1 Å². The molecule has 2 rings (SSSR count). The molecule has 0 aliphatic rings. The lowest BCUT2D eigenvalue weighted by Crippen LogP contribution is -2.24. The molecule has 0 aliphatic heterocycles. The van der Waals surface area contributed by atoms with Crippen LogP contribution in [-0.2, 0) is 22.4 Å². The third-order valence-electron chi connectivity index (χ3n) is 5.58. The predicted molar refractivity (Wildman–Crippen MR) is 126 cm³/mol. The molecule has 0 aliphatic carbocycles. The van der Waals surface area contributed by atoms with Gasteiger partial charge in [-0.15, -0.1) is 0 Å². The summed E-state index contributed by atoms with van der Waals surface area (Å²) in [5.74, 6) is -0.546. The molecule has 0 aromatic heterocycles. The van der Waals surface area contributed by atoms with Crippen LogP contribution in [0.1, 0.15) is 80.4 Å². The minimum absolute atomic E-state index is 0.218. The molecule has 0 saturated heterocycles. The highest BCUT2D eigenvalue weighted by Crippen LogP contribution is 2.41. The van der Waals surface area contributed by atoms with E-state index < -0.39 is 35.3 Å². The average molecular weight is 481 g/mol. The van der Waals surface area contributed by atoms with E-state index in [0.29, 0.717) is 36.3 Å². The van der Waals surface area contributed by atoms with Crippen molar-refractivity contribution in [3.8, 4) is 11.5 Å². The molecule has 0 radical (unpaired) electrons. The van der Waals surface area contributed by atoms with Crippen molar-refractivity contribution in [1.82, 2.24) is 0 Å². The number of benzene rings is 2. The highest BCUT2D eigenvalue weighted by molar-refractivity contribution is 6.05. The average Bonchev–Trinajstić information content (AvgIpc) is 2.79. The molecule has 0 heterocycles. The number of carbonyl (C=O) groups excluding carboxylic acids is 1. The molecular formula is C26H33F3NO4+. The summed E-state index contributed by atoms with van der Waals surface area (Å²) in [5.41, 5.74) is 0.257. The van der Waals surface area contributed by atoms with Crippen LogP contribution in [0.15, 0.2) is 30.3 Å². The second-order valence-corrected chi connectivity index (χ2v) is 8.48. The molecule has 1 unspecified atom stereocenters. The van der Waals surface area contributed by atoms with Crippen molar-refractivity contribution >= 4 is 11.7 Å². The zero-order chi connectivity index (χ0) is 25.6. The van der Waals surface area contributed by atoms with E-state index in [1.54, 1.807) is 12.1 Å². The standard InChI is InChI=1S/C26H32F3NO4/c1-6-8-18-14-20(24(30)26(27,28)29)21(31)19(9-7-2)22(18)34-23(25(32)33-5)17-12-10-16(11-13-17)15(3)4/h10-15,23,30-31H,6-9H2,1-5H3/p+1. The molecule has 0 amide bonds. The molecule has 3 N–H and O–H groups in total. The number of hydrogen-bond acceptors (Lipinski definition) is 4. The summed E-state index contributed by atoms with van der Waals surface area (Å²) in [6.07, 6.45) is -4.25. The topological polar surface area (TPSA) is 82.3 Å². The van der Waals surface area contributed by atoms with Gasteiger partial charge in [-0.1, -0.05) is 64.8 Å². The Morgan fingerprint density at radius 3 is 2.09 bits per heavy atom. The number of methoxy groups -OCH3 is 1. The summed E-state index contributed by atoms with van der Waals surface area (Å²) < 4.78 is 51.1. The van der Waals surface area contributed by atoms with Gasteiger partial charge in [0, 0.05) is 5.56 Å². The van der Waals surface area contributed by atoms with Crippen LogP contribution in [0.3, 0.4) is 0 Å². The minimum atomic E-state index is -4.88. The minimum Gasteiger partial charge on any atom is -0.593 e. The van der Waals surface area contributed by atoms with Crippen molar-refractivity contribution in [1.29, 1.82) is 5.41 Å². The van der Waals surface area contributed by atoms with Crippen molar-refractivity contribution in [2.45, 2.75) is 71.6 Å². The Kier molecular flexibility index (Phi) is 9.13. The zero-order valence-electron chi connectivity index (χ0n) is 20.2. The van der Waals surface area contributed by atoms with Crippen molar-refractivity contribution in [2.75, 3.05) is 7.11 Å². The molecule has 5 nitrogen and oxygen atoms in total. The van der Waals surface area contributed by atoms with Crippen LogP contribution in [0.25, 0.3) is 0 Å². The fourth-order valence-corrected chi connectivity index (χ4v) is 3.75. The summed E-state index contributed by atoms with van der Waals surface area (Å²) in [6.45, 7) is 7.81. The van der Waals surface area contributed by atoms with E-state index in [1.807, 2.05) is 39.8 Å². The van der Waals surface area contributed by atoms with Crippen molar-refractivity contribution in [2.24, 2.45) is 0 Å². The third-order valence-corrected chi connectivity index (χ3v) is 5.58. The number of rotatable bonds is 10. The third kappa shape index (κ3) is 6.10. The van der Waals surface area contributed by atoms with Gasteiger partial charge in [0.25, 0.3) is 5.75 Å². The van der Waals surface area contributed by atoms with Gasteiger partial charge in [0.2, 0.25) is 6.10 Å². The quantitative estimate of drug-likeness (QED) is 0.243. The van der Waals surface area contributed by atoms with Gasteiger partial charge < -0.3 is 14.6 Å². The molecule has 0 saturated carbocycles. The molecule has 0 fully saturated rings. The van der Waals surface area contributed by atoms with Gasteiger partial charge in [0.1, 0.15) is 11.3 Å². The molecule has 34 heavy (non-hydrogen) atoms. The normalized spacial score (nSPS) is 12.5. The molecule has 1 atom stereocenters. The summed E-state index contributed by atoms with van der Waals surface area (Å²) in [5, 5.41) is 16.1. The lowest BCUT2D eigenvalue weighted by molar-refractivity contribution is -0.149. The first-order valence-electron chi connectivity index (χ1n) is 11.4. The number of ether oxygens (including phenoxy) is 2. The van der Waals surface area contributed by atoms with Crippen LogP contribution in [0.2, 0.25) is 0 Å². The number of nitrogens with one attached hydrogen (secondary N) is 1. The van der Waals surface area contributed by atoms with Gasteiger partial charge in [-0.3, -0.25) is 5.41 Å². The van der Waals surface area contributed by atoms with Gasteiger partial charge in [0.05, 0.1) is 12.7 Å². The lowest BCUT2D eigenvalue weighted by atomic mass is 9.94. The maximum atomic E-state index is 13.3. The van der Waals surface area contributed by atoms with E-state index in [9.17, 15) is 18.0 Å². The van der Waals surface area contributed by atoms with E-state index in [1.165, 1.54) is 13.2 Å². The fraction of sp³-hybridized carbons (Fsp3) is 0.462.